The summed E-state index contributed by atoms with van der Waals surface area (Å²) in [7, 11) is 0. The van der Waals surface area contributed by atoms with E-state index < -0.39 is 0 Å². The number of para-hydroxylation sites is 5. The third-order valence-corrected chi connectivity index (χ3v) is 11.3. The minimum absolute atomic E-state index is 0.226. The summed E-state index contributed by atoms with van der Waals surface area (Å²) in [6.07, 6.45) is 0. The first kappa shape index (κ1) is 33.6. The van der Waals surface area contributed by atoms with Crippen molar-refractivity contribution in [3.63, 3.8) is 0 Å². The predicted octanol–water partition coefficient (Wildman–Crippen LogP) is 15.3. The quantitative estimate of drug-likeness (QED) is 0.162. The lowest BCUT2D eigenvalue weighted by Gasteiger charge is -2.29. The van der Waals surface area contributed by atoms with Crippen LogP contribution in [0.4, 0.5) is 21.5 Å². The molecule has 0 fully saturated rings. The van der Waals surface area contributed by atoms with Gasteiger partial charge in [0.15, 0.2) is 0 Å². The number of aromatic nitrogens is 1. The molecule has 0 N–H and O–H groups in total. The summed E-state index contributed by atoms with van der Waals surface area (Å²) in [6, 6.07) is 73.0. The van der Waals surface area contributed by atoms with Crippen LogP contribution in [0.2, 0.25) is 0 Å². The standard InChI is InChI=1S/C54H35FN2O/c55-47-22-13-26-51-53(47)46-19-6-10-25-50(46)57(51)49-24-9-5-17-43(49)42-16-4-8-23-48(42)56(39-32-28-37(29-33-39)36-14-2-1-3-15-36)40-34-30-38(31-35-40)41-20-12-21-45-44-18-7-11-27-52(44)58-54(41)45/h1-35H. The van der Waals surface area contributed by atoms with Crippen LogP contribution in [-0.4, -0.2) is 4.57 Å². The third-order valence-electron chi connectivity index (χ3n) is 11.3. The molecule has 4 heteroatoms. The maximum absolute atomic E-state index is 15.6. The molecule has 0 bridgehead atoms. The molecule has 0 aliphatic carbocycles. The molecule has 0 saturated carbocycles. The number of anilines is 3. The van der Waals surface area contributed by atoms with E-state index in [2.05, 4.69) is 167 Å². The minimum atomic E-state index is -0.226. The van der Waals surface area contributed by atoms with Gasteiger partial charge in [0.2, 0.25) is 0 Å². The highest BCUT2D eigenvalue weighted by molar-refractivity contribution is 6.11. The maximum Gasteiger partial charge on any atom is 0.143 e. The molecule has 0 aliphatic rings. The van der Waals surface area contributed by atoms with Crippen molar-refractivity contribution in [2.75, 3.05) is 4.90 Å². The lowest BCUT2D eigenvalue weighted by atomic mass is 9.98. The van der Waals surface area contributed by atoms with Gasteiger partial charge in [0, 0.05) is 49.6 Å². The molecule has 0 aliphatic heterocycles. The van der Waals surface area contributed by atoms with E-state index >= 15 is 4.39 Å². The molecule has 11 rings (SSSR count). The van der Waals surface area contributed by atoms with Gasteiger partial charge < -0.3 is 13.9 Å². The largest absolute Gasteiger partial charge is 0.455 e. The van der Waals surface area contributed by atoms with Gasteiger partial charge in [0.1, 0.15) is 17.0 Å². The highest BCUT2D eigenvalue weighted by Crippen LogP contribution is 2.45. The molecule has 274 valence electrons. The zero-order chi connectivity index (χ0) is 38.6. The average Bonchev–Trinajstić information content (AvgIpc) is 3.84. The lowest BCUT2D eigenvalue weighted by Crippen LogP contribution is -2.11. The highest BCUT2D eigenvalue weighted by atomic mass is 19.1. The van der Waals surface area contributed by atoms with Gasteiger partial charge in [0.25, 0.3) is 0 Å². The fourth-order valence-electron chi connectivity index (χ4n) is 8.65. The van der Waals surface area contributed by atoms with Crippen LogP contribution in [0, 0.1) is 5.82 Å². The first-order chi connectivity index (χ1) is 28.7. The van der Waals surface area contributed by atoms with Gasteiger partial charge in [-0.25, -0.2) is 4.39 Å². The van der Waals surface area contributed by atoms with Gasteiger partial charge in [-0.2, -0.15) is 0 Å². The molecule has 0 unspecified atom stereocenters. The Bertz CT molecular complexity index is 3290. The highest BCUT2D eigenvalue weighted by Gasteiger charge is 2.22. The van der Waals surface area contributed by atoms with E-state index in [0.29, 0.717) is 5.39 Å². The van der Waals surface area contributed by atoms with Crippen LogP contribution in [0.15, 0.2) is 217 Å². The van der Waals surface area contributed by atoms with Crippen LogP contribution in [0.1, 0.15) is 0 Å². The molecule has 0 radical (unpaired) electrons. The molecule has 58 heavy (non-hydrogen) atoms. The smallest absolute Gasteiger partial charge is 0.143 e. The van der Waals surface area contributed by atoms with Gasteiger partial charge in [-0.1, -0.05) is 152 Å². The Hall–Kier alpha value is -7.69. The summed E-state index contributed by atoms with van der Waals surface area (Å²) in [4.78, 5) is 2.33. The Morgan fingerprint density at radius 3 is 1.78 bits per heavy atom. The number of furan rings is 1. The van der Waals surface area contributed by atoms with E-state index in [1.807, 2.05) is 42.5 Å². The number of fused-ring (bicyclic) bond motifs is 6. The molecule has 0 amide bonds. The van der Waals surface area contributed by atoms with E-state index in [0.717, 1.165) is 88.9 Å². The van der Waals surface area contributed by atoms with E-state index in [1.165, 1.54) is 5.56 Å². The van der Waals surface area contributed by atoms with Crippen LogP contribution in [0.3, 0.4) is 0 Å². The summed E-state index contributed by atoms with van der Waals surface area (Å²) in [5.41, 5.74) is 14.1. The fourth-order valence-corrected chi connectivity index (χ4v) is 8.65. The summed E-state index contributed by atoms with van der Waals surface area (Å²) < 4.78 is 24.2. The van der Waals surface area contributed by atoms with Crippen molar-refractivity contribution in [1.29, 1.82) is 0 Å². The fraction of sp³-hybridized carbons (Fsp3) is 0. The molecule has 3 nitrogen and oxygen atoms in total. The number of hydrogen-bond acceptors (Lipinski definition) is 2. The summed E-state index contributed by atoms with van der Waals surface area (Å²) >= 11 is 0. The molecule has 2 aromatic heterocycles. The summed E-state index contributed by atoms with van der Waals surface area (Å²) in [6.45, 7) is 0. The van der Waals surface area contributed by atoms with Crippen LogP contribution >= 0.6 is 0 Å². The number of hydrogen-bond donors (Lipinski definition) is 0. The molecule has 0 saturated heterocycles. The first-order valence-corrected chi connectivity index (χ1v) is 19.5. The van der Waals surface area contributed by atoms with Crippen molar-refractivity contribution < 1.29 is 8.81 Å². The van der Waals surface area contributed by atoms with Crippen molar-refractivity contribution in [2.45, 2.75) is 0 Å². The first-order valence-electron chi connectivity index (χ1n) is 19.5. The van der Waals surface area contributed by atoms with Gasteiger partial charge >= 0.3 is 0 Å². The average molecular weight is 747 g/mol. The molecule has 0 atom stereocenters. The molecule has 11 aromatic rings. The second kappa shape index (κ2) is 13.8. The van der Waals surface area contributed by atoms with Crippen molar-refractivity contribution in [2.24, 2.45) is 0 Å². The molecular weight excluding hydrogens is 712 g/mol. The second-order valence-electron chi connectivity index (χ2n) is 14.6. The topological polar surface area (TPSA) is 21.3 Å². The van der Waals surface area contributed by atoms with Crippen molar-refractivity contribution in [3.05, 3.63) is 218 Å². The van der Waals surface area contributed by atoms with Gasteiger partial charge in [-0.05, 0) is 77.4 Å². The van der Waals surface area contributed by atoms with Crippen LogP contribution in [0.5, 0.6) is 0 Å². The van der Waals surface area contributed by atoms with E-state index in [1.54, 1.807) is 12.1 Å². The van der Waals surface area contributed by atoms with Gasteiger partial charge in [0.05, 0.1) is 22.4 Å². The number of rotatable bonds is 7. The normalized spacial score (nSPS) is 11.5. The monoisotopic (exact) mass is 746 g/mol. The summed E-state index contributed by atoms with van der Waals surface area (Å²) in [5.74, 6) is -0.226. The maximum atomic E-state index is 15.6. The van der Waals surface area contributed by atoms with Crippen molar-refractivity contribution in [3.8, 4) is 39.1 Å². The van der Waals surface area contributed by atoms with E-state index in [4.69, 9.17) is 4.42 Å². The Morgan fingerprint density at radius 1 is 0.397 bits per heavy atom. The molecule has 2 heterocycles. The lowest BCUT2D eigenvalue weighted by molar-refractivity contribution is 0.640. The number of halogens is 1. The Labute approximate surface area is 335 Å². The SMILES string of the molecule is Fc1cccc2c1c1ccccc1n2-c1ccccc1-c1ccccc1N(c1ccc(-c2ccccc2)cc1)c1ccc(-c2cccc3c2oc2ccccc23)cc1. The molecule has 0 spiro atoms. The van der Waals surface area contributed by atoms with E-state index in [-0.39, 0.29) is 5.82 Å². The van der Waals surface area contributed by atoms with Crippen molar-refractivity contribution in [1.82, 2.24) is 4.57 Å². The zero-order valence-electron chi connectivity index (χ0n) is 31.4. The third kappa shape index (κ3) is 5.49. The Morgan fingerprint density at radius 2 is 0.966 bits per heavy atom. The summed E-state index contributed by atoms with van der Waals surface area (Å²) in [5, 5.41) is 3.73. The van der Waals surface area contributed by atoms with Crippen LogP contribution in [-0.2, 0) is 0 Å². The minimum Gasteiger partial charge on any atom is -0.455 e. The van der Waals surface area contributed by atoms with Crippen LogP contribution in [0.25, 0.3) is 82.8 Å². The Balaban J connectivity index is 1.09. The number of benzene rings is 9. The Kier molecular flexibility index (Phi) is 8.00. The van der Waals surface area contributed by atoms with Crippen molar-refractivity contribution >= 4 is 60.8 Å². The molecular formula is C54H35FN2O. The van der Waals surface area contributed by atoms with Gasteiger partial charge in [-0.3, -0.25) is 0 Å². The van der Waals surface area contributed by atoms with E-state index in [9.17, 15) is 0 Å². The molecule has 9 aromatic carbocycles. The zero-order valence-corrected chi connectivity index (χ0v) is 31.4. The predicted molar refractivity (Wildman–Crippen MR) is 239 cm³/mol. The second-order valence-corrected chi connectivity index (χ2v) is 14.6. The number of nitrogens with zero attached hydrogens (tertiary/aromatic N) is 2. The van der Waals surface area contributed by atoms with Gasteiger partial charge in [-0.15, -0.1) is 0 Å². The van der Waals surface area contributed by atoms with Crippen LogP contribution < -0.4 is 4.90 Å².